The third kappa shape index (κ3) is 2.38. The van der Waals surface area contributed by atoms with Crippen LogP contribution in [-0.2, 0) is 4.79 Å². The lowest BCUT2D eigenvalue weighted by atomic mass is 10.3. The topological polar surface area (TPSA) is 75.4 Å². The minimum Gasteiger partial charge on any atom is -0.478 e. The van der Waals surface area contributed by atoms with Gasteiger partial charge in [-0.2, -0.15) is 0 Å². The molecule has 5 heteroatoms. The van der Waals surface area contributed by atoms with Crippen LogP contribution in [0, 0.1) is 0 Å². The van der Waals surface area contributed by atoms with Crippen molar-refractivity contribution in [3.63, 3.8) is 0 Å². The van der Waals surface area contributed by atoms with Gasteiger partial charge in [-0.25, -0.2) is 9.78 Å². The number of hydrogen-bond acceptors (Lipinski definition) is 4. The van der Waals surface area contributed by atoms with Gasteiger partial charge in [0.05, 0.1) is 0 Å². The van der Waals surface area contributed by atoms with E-state index in [9.17, 15) is 4.79 Å². The fourth-order valence-electron chi connectivity index (χ4n) is 1.30. The number of carbonyl (C=O) groups is 1. The number of anilines is 1. The number of carboxylic acid groups (broad SMARTS) is 1. The second-order valence-corrected chi connectivity index (χ2v) is 3.16. The number of hydrogen-bond donors (Lipinski definition) is 2. The first-order valence-corrected chi connectivity index (χ1v) is 4.72. The molecule has 0 atom stereocenters. The molecule has 2 N–H and O–H groups in total. The third-order valence-corrected chi connectivity index (χ3v) is 2.02. The molecule has 5 nitrogen and oxygen atoms in total. The van der Waals surface area contributed by atoms with Gasteiger partial charge < -0.3 is 14.8 Å². The molecule has 0 saturated carbocycles. The minimum absolute atomic E-state index is 0.450. The molecule has 0 amide bonds. The lowest BCUT2D eigenvalue weighted by Gasteiger charge is -2.01. The predicted octanol–water partition coefficient (Wildman–Crippen LogP) is 1.88. The Kier molecular flexibility index (Phi) is 2.86. The summed E-state index contributed by atoms with van der Waals surface area (Å²) in [5.41, 5.74) is 2.36. The zero-order valence-electron chi connectivity index (χ0n) is 8.38. The van der Waals surface area contributed by atoms with Crippen LogP contribution in [0.5, 0.6) is 0 Å². The summed E-state index contributed by atoms with van der Waals surface area (Å²) < 4.78 is 5.14. The van der Waals surface area contributed by atoms with E-state index in [1.54, 1.807) is 0 Å². The summed E-state index contributed by atoms with van der Waals surface area (Å²) in [6, 6.07) is 5.51. The molecule has 2 aromatic rings. The van der Waals surface area contributed by atoms with Crippen molar-refractivity contribution in [2.75, 3.05) is 11.9 Å². The van der Waals surface area contributed by atoms with E-state index in [2.05, 4.69) is 10.3 Å². The first-order valence-electron chi connectivity index (χ1n) is 4.72. The molecule has 0 aliphatic rings. The first kappa shape index (κ1) is 10.2. The van der Waals surface area contributed by atoms with Crippen LogP contribution in [0.15, 0.2) is 41.2 Å². The second kappa shape index (κ2) is 4.48. The number of aromatic nitrogens is 1. The Morgan fingerprint density at radius 2 is 2.44 bits per heavy atom. The molecule has 0 radical (unpaired) electrons. The van der Waals surface area contributed by atoms with E-state index in [0.29, 0.717) is 12.1 Å². The predicted molar refractivity (Wildman–Crippen MR) is 59.3 cm³/mol. The molecule has 1 heterocycles. The number of benzene rings is 1. The SMILES string of the molecule is O=C(O)/C=C/CNc1ccc2ncoc2c1. The normalized spacial score (nSPS) is 11.0. The molecule has 0 aliphatic heterocycles. The monoisotopic (exact) mass is 218 g/mol. The van der Waals surface area contributed by atoms with Gasteiger partial charge >= 0.3 is 5.97 Å². The fraction of sp³-hybridized carbons (Fsp3) is 0.0909. The van der Waals surface area contributed by atoms with E-state index in [-0.39, 0.29) is 0 Å². The Bertz CT molecular complexity index is 531. The number of nitrogens with zero attached hydrogens (tertiary/aromatic N) is 1. The molecule has 0 saturated heterocycles. The highest BCUT2D eigenvalue weighted by molar-refractivity contribution is 5.80. The third-order valence-electron chi connectivity index (χ3n) is 2.02. The smallest absolute Gasteiger partial charge is 0.328 e. The van der Waals surface area contributed by atoms with Crippen LogP contribution in [0.4, 0.5) is 5.69 Å². The first-order chi connectivity index (χ1) is 7.75. The molecule has 1 aromatic heterocycles. The van der Waals surface area contributed by atoms with Crippen molar-refractivity contribution >= 4 is 22.8 Å². The van der Waals surface area contributed by atoms with Gasteiger partial charge in [0.1, 0.15) is 5.52 Å². The lowest BCUT2D eigenvalue weighted by Crippen LogP contribution is -1.99. The number of carboxylic acids is 1. The summed E-state index contributed by atoms with van der Waals surface area (Å²) in [5, 5.41) is 11.4. The highest BCUT2D eigenvalue weighted by atomic mass is 16.4. The quantitative estimate of drug-likeness (QED) is 0.766. The highest BCUT2D eigenvalue weighted by Gasteiger charge is 1.98. The van der Waals surface area contributed by atoms with Gasteiger partial charge in [-0.05, 0) is 12.1 Å². The minimum atomic E-state index is -0.951. The Hall–Kier alpha value is -2.30. The van der Waals surface area contributed by atoms with Gasteiger partial charge in [-0.3, -0.25) is 0 Å². The summed E-state index contributed by atoms with van der Waals surface area (Å²) in [6.45, 7) is 0.450. The van der Waals surface area contributed by atoms with E-state index in [0.717, 1.165) is 17.3 Å². The molecular formula is C11H10N2O3. The van der Waals surface area contributed by atoms with Crippen molar-refractivity contribution in [2.24, 2.45) is 0 Å². The average molecular weight is 218 g/mol. The van der Waals surface area contributed by atoms with Gasteiger partial charge in [-0.15, -0.1) is 0 Å². The van der Waals surface area contributed by atoms with Crippen LogP contribution < -0.4 is 5.32 Å². The van der Waals surface area contributed by atoms with E-state index in [4.69, 9.17) is 9.52 Å². The molecule has 0 aliphatic carbocycles. The summed E-state index contributed by atoms with van der Waals surface area (Å²) in [6.07, 6.45) is 4.02. The number of oxazole rings is 1. The van der Waals surface area contributed by atoms with Crippen LogP contribution in [0.3, 0.4) is 0 Å². The lowest BCUT2D eigenvalue weighted by molar-refractivity contribution is -0.131. The van der Waals surface area contributed by atoms with E-state index in [1.807, 2.05) is 18.2 Å². The van der Waals surface area contributed by atoms with Crippen molar-refractivity contribution in [3.8, 4) is 0 Å². The molecule has 0 bridgehead atoms. The summed E-state index contributed by atoms with van der Waals surface area (Å²) in [4.78, 5) is 14.2. The molecule has 1 aromatic carbocycles. The van der Waals surface area contributed by atoms with E-state index < -0.39 is 5.97 Å². The van der Waals surface area contributed by atoms with Crippen LogP contribution in [0.1, 0.15) is 0 Å². The fourth-order valence-corrected chi connectivity index (χ4v) is 1.30. The number of nitrogens with one attached hydrogen (secondary N) is 1. The van der Waals surface area contributed by atoms with Crippen molar-refractivity contribution in [1.29, 1.82) is 0 Å². The maximum Gasteiger partial charge on any atom is 0.328 e. The van der Waals surface area contributed by atoms with Crippen molar-refractivity contribution in [1.82, 2.24) is 4.98 Å². The number of aliphatic carboxylic acids is 1. The molecule has 0 fully saturated rings. The Labute approximate surface area is 91.4 Å². The largest absolute Gasteiger partial charge is 0.478 e. The van der Waals surface area contributed by atoms with Crippen molar-refractivity contribution in [3.05, 3.63) is 36.7 Å². The van der Waals surface area contributed by atoms with E-state index >= 15 is 0 Å². The Morgan fingerprint density at radius 3 is 3.25 bits per heavy atom. The van der Waals surface area contributed by atoms with Crippen LogP contribution in [0.25, 0.3) is 11.1 Å². The van der Waals surface area contributed by atoms with Crippen molar-refractivity contribution in [2.45, 2.75) is 0 Å². The van der Waals surface area contributed by atoms with Gasteiger partial charge in [0.2, 0.25) is 0 Å². The Morgan fingerprint density at radius 1 is 1.56 bits per heavy atom. The molecule has 16 heavy (non-hydrogen) atoms. The van der Waals surface area contributed by atoms with Gasteiger partial charge in [0.25, 0.3) is 0 Å². The molecule has 82 valence electrons. The highest BCUT2D eigenvalue weighted by Crippen LogP contribution is 2.17. The molecule has 0 spiro atoms. The zero-order chi connectivity index (χ0) is 11.4. The molecule has 0 unspecified atom stereocenters. The van der Waals surface area contributed by atoms with Gasteiger partial charge in [0, 0.05) is 24.4 Å². The Balaban J connectivity index is 2.01. The van der Waals surface area contributed by atoms with E-state index in [1.165, 1.54) is 12.5 Å². The standard InChI is InChI=1S/C11H10N2O3/c14-11(15)2-1-5-12-8-3-4-9-10(6-8)16-7-13-9/h1-4,6-7,12H,5H2,(H,14,15)/b2-1+. The number of fused-ring (bicyclic) bond motifs is 1. The van der Waals surface area contributed by atoms with Crippen LogP contribution in [0.2, 0.25) is 0 Å². The van der Waals surface area contributed by atoms with Crippen LogP contribution >= 0.6 is 0 Å². The summed E-state index contributed by atoms with van der Waals surface area (Å²) >= 11 is 0. The molecule has 2 rings (SSSR count). The summed E-state index contributed by atoms with van der Waals surface area (Å²) in [5.74, 6) is -0.951. The average Bonchev–Trinajstić information content (AvgIpc) is 2.71. The second-order valence-electron chi connectivity index (χ2n) is 3.16. The maximum absolute atomic E-state index is 10.2. The van der Waals surface area contributed by atoms with Gasteiger partial charge in [0.15, 0.2) is 12.0 Å². The van der Waals surface area contributed by atoms with Gasteiger partial charge in [-0.1, -0.05) is 6.08 Å². The molecular weight excluding hydrogens is 208 g/mol. The van der Waals surface area contributed by atoms with Crippen LogP contribution in [-0.4, -0.2) is 22.6 Å². The number of rotatable bonds is 4. The van der Waals surface area contributed by atoms with Crippen molar-refractivity contribution < 1.29 is 14.3 Å². The maximum atomic E-state index is 10.2. The summed E-state index contributed by atoms with van der Waals surface area (Å²) in [7, 11) is 0. The zero-order valence-corrected chi connectivity index (χ0v) is 8.38.